The van der Waals surface area contributed by atoms with Crippen molar-refractivity contribution >= 4 is 11.7 Å². The minimum Gasteiger partial charge on any atom is -0.335 e. The lowest BCUT2D eigenvalue weighted by Gasteiger charge is -2.19. The molecule has 6 nitrogen and oxygen atoms in total. The number of rotatable bonds is 4. The number of amides is 1. The number of hydrogen-bond acceptors (Lipinski definition) is 5. The van der Waals surface area contributed by atoms with Crippen molar-refractivity contribution in [3.63, 3.8) is 0 Å². The van der Waals surface area contributed by atoms with Crippen LogP contribution in [-0.4, -0.2) is 33.6 Å². The zero-order valence-corrected chi connectivity index (χ0v) is 9.18. The van der Waals surface area contributed by atoms with Crippen LogP contribution in [0.1, 0.15) is 30.3 Å². The molecule has 0 radical (unpaired) electrons. The molecule has 1 aliphatic carbocycles. The summed E-state index contributed by atoms with van der Waals surface area (Å²) in [6.45, 7) is 2.68. The smallest absolute Gasteiger partial charge is 0.274 e. The lowest BCUT2D eigenvalue weighted by molar-refractivity contribution is 0.0745. The summed E-state index contributed by atoms with van der Waals surface area (Å²) in [5.41, 5.74) is 2.74. The molecule has 1 heterocycles. The van der Waals surface area contributed by atoms with E-state index < -0.39 is 0 Å². The fourth-order valence-corrected chi connectivity index (χ4v) is 1.62. The maximum atomic E-state index is 12.0. The number of nitrogens with zero attached hydrogens (tertiary/aromatic N) is 3. The molecule has 3 N–H and O–H groups in total. The highest BCUT2D eigenvalue weighted by Crippen LogP contribution is 2.27. The van der Waals surface area contributed by atoms with E-state index in [1.54, 1.807) is 12.1 Å². The van der Waals surface area contributed by atoms with Crippen molar-refractivity contribution in [2.24, 2.45) is 5.84 Å². The highest BCUT2D eigenvalue weighted by molar-refractivity contribution is 5.92. The van der Waals surface area contributed by atoms with Crippen LogP contribution in [-0.2, 0) is 0 Å². The third kappa shape index (κ3) is 2.11. The number of hydrazine groups is 1. The average molecular weight is 221 g/mol. The monoisotopic (exact) mass is 221 g/mol. The molecule has 1 aliphatic rings. The van der Waals surface area contributed by atoms with Gasteiger partial charge in [-0.2, -0.15) is 0 Å². The predicted octanol–water partition coefficient (Wildman–Crippen LogP) is 0.387. The van der Waals surface area contributed by atoms with E-state index in [0.717, 1.165) is 12.8 Å². The van der Waals surface area contributed by atoms with Gasteiger partial charge in [-0.3, -0.25) is 4.79 Å². The van der Waals surface area contributed by atoms with E-state index in [9.17, 15) is 4.79 Å². The Bertz CT molecular complexity index is 373. The van der Waals surface area contributed by atoms with Crippen molar-refractivity contribution in [3.8, 4) is 0 Å². The first-order valence-electron chi connectivity index (χ1n) is 5.37. The van der Waals surface area contributed by atoms with Gasteiger partial charge in [0.2, 0.25) is 0 Å². The summed E-state index contributed by atoms with van der Waals surface area (Å²) in [5, 5.41) is 7.63. The van der Waals surface area contributed by atoms with Crippen molar-refractivity contribution in [2.45, 2.75) is 25.8 Å². The minimum absolute atomic E-state index is 0.0546. The number of nitrogens with one attached hydrogen (secondary N) is 1. The Balaban J connectivity index is 2.12. The highest BCUT2D eigenvalue weighted by Gasteiger charge is 2.32. The summed E-state index contributed by atoms with van der Waals surface area (Å²) in [6.07, 6.45) is 2.19. The van der Waals surface area contributed by atoms with Crippen LogP contribution in [0.4, 0.5) is 5.82 Å². The molecule has 1 aromatic rings. The Morgan fingerprint density at radius 1 is 1.56 bits per heavy atom. The van der Waals surface area contributed by atoms with E-state index in [2.05, 4.69) is 15.6 Å². The fourth-order valence-electron chi connectivity index (χ4n) is 1.62. The zero-order valence-electron chi connectivity index (χ0n) is 9.18. The summed E-state index contributed by atoms with van der Waals surface area (Å²) in [5.74, 6) is 5.57. The average Bonchev–Trinajstić information content (AvgIpc) is 3.14. The number of nitrogen functional groups attached to an aromatic ring is 1. The number of carbonyl (C=O) groups is 1. The van der Waals surface area contributed by atoms with Gasteiger partial charge in [0.25, 0.3) is 5.91 Å². The van der Waals surface area contributed by atoms with Gasteiger partial charge in [0.05, 0.1) is 0 Å². The largest absolute Gasteiger partial charge is 0.335 e. The predicted molar refractivity (Wildman–Crippen MR) is 59.6 cm³/mol. The topological polar surface area (TPSA) is 84.1 Å². The number of carbonyl (C=O) groups excluding carboxylic acids is 1. The Morgan fingerprint density at radius 3 is 2.75 bits per heavy atom. The Labute approximate surface area is 93.8 Å². The molecule has 0 aromatic carbocycles. The first-order chi connectivity index (χ1) is 7.76. The molecule has 0 saturated heterocycles. The summed E-state index contributed by atoms with van der Waals surface area (Å²) in [7, 11) is 0. The van der Waals surface area contributed by atoms with E-state index in [4.69, 9.17) is 5.84 Å². The van der Waals surface area contributed by atoms with Gasteiger partial charge in [-0.05, 0) is 31.9 Å². The standard InChI is InChI=1S/C10H15N5O/c1-2-15(7-3-4-7)10(16)8-5-6-9(12-11)14-13-8/h5-7H,2-4,11H2,1H3,(H,12,14). The van der Waals surface area contributed by atoms with Gasteiger partial charge in [0, 0.05) is 12.6 Å². The van der Waals surface area contributed by atoms with Gasteiger partial charge in [-0.15, -0.1) is 10.2 Å². The van der Waals surface area contributed by atoms with E-state index in [1.807, 2.05) is 11.8 Å². The van der Waals surface area contributed by atoms with Crippen LogP contribution in [0.15, 0.2) is 12.1 Å². The molecular weight excluding hydrogens is 206 g/mol. The lowest BCUT2D eigenvalue weighted by atomic mass is 10.3. The van der Waals surface area contributed by atoms with E-state index >= 15 is 0 Å². The summed E-state index contributed by atoms with van der Waals surface area (Å²) in [4.78, 5) is 13.9. The number of hydrogen-bond donors (Lipinski definition) is 2. The molecule has 0 unspecified atom stereocenters. The van der Waals surface area contributed by atoms with Gasteiger partial charge in [-0.25, -0.2) is 5.84 Å². The molecular formula is C10H15N5O. The van der Waals surface area contributed by atoms with Crippen molar-refractivity contribution in [1.82, 2.24) is 15.1 Å². The number of anilines is 1. The number of aromatic nitrogens is 2. The zero-order chi connectivity index (χ0) is 11.5. The molecule has 6 heteroatoms. The van der Waals surface area contributed by atoms with Gasteiger partial charge >= 0.3 is 0 Å². The SMILES string of the molecule is CCN(C(=O)c1ccc(NN)nn1)C1CC1. The molecule has 1 amide bonds. The summed E-state index contributed by atoms with van der Waals surface area (Å²) in [6, 6.07) is 3.67. The summed E-state index contributed by atoms with van der Waals surface area (Å²) >= 11 is 0. The number of nitrogens with two attached hydrogens (primary N) is 1. The first-order valence-corrected chi connectivity index (χ1v) is 5.37. The molecule has 0 bridgehead atoms. The third-order valence-electron chi connectivity index (χ3n) is 2.62. The lowest BCUT2D eigenvalue weighted by Crippen LogP contribution is -2.33. The van der Waals surface area contributed by atoms with Gasteiger partial charge in [0.15, 0.2) is 11.5 Å². The molecule has 1 aromatic heterocycles. The Hall–Kier alpha value is -1.69. The van der Waals surface area contributed by atoms with E-state index in [0.29, 0.717) is 24.1 Å². The molecule has 86 valence electrons. The third-order valence-corrected chi connectivity index (χ3v) is 2.62. The van der Waals surface area contributed by atoms with Crippen LogP contribution in [0.2, 0.25) is 0 Å². The molecule has 16 heavy (non-hydrogen) atoms. The highest BCUT2D eigenvalue weighted by atomic mass is 16.2. The Kier molecular flexibility index (Phi) is 3.00. The Morgan fingerprint density at radius 2 is 2.31 bits per heavy atom. The van der Waals surface area contributed by atoms with Crippen LogP contribution in [0.3, 0.4) is 0 Å². The maximum absolute atomic E-state index is 12.0. The second-order valence-corrected chi connectivity index (χ2v) is 3.77. The van der Waals surface area contributed by atoms with Crippen LogP contribution in [0.25, 0.3) is 0 Å². The van der Waals surface area contributed by atoms with Crippen LogP contribution < -0.4 is 11.3 Å². The summed E-state index contributed by atoms with van der Waals surface area (Å²) < 4.78 is 0. The van der Waals surface area contributed by atoms with Crippen LogP contribution in [0, 0.1) is 0 Å². The molecule has 0 spiro atoms. The second kappa shape index (κ2) is 4.44. The molecule has 0 atom stereocenters. The van der Waals surface area contributed by atoms with Crippen molar-refractivity contribution in [3.05, 3.63) is 17.8 Å². The van der Waals surface area contributed by atoms with E-state index in [1.165, 1.54) is 0 Å². The molecule has 2 rings (SSSR count). The van der Waals surface area contributed by atoms with Gasteiger partial charge in [0.1, 0.15) is 0 Å². The van der Waals surface area contributed by atoms with Crippen molar-refractivity contribution < 1.29 is 4.79 Å². The minimum atomic E-state index is -0.0546. The van der Waals surface area contributed by atoms with Gasteiger partial charge < -0.3 is 10.3 Å². The van der Waals surface area contributed by atoms with Crippen LogP contribution >= 0.6 is 0 Å². The molecule has 1 saturated carbocycles. The van der Waals surface area contributed by atoms with Crippen molar-refractivity contribution in [1.29, 1.82) is 0 Å². The fraction of sp³-hybridized carbons (Fsp3) is 0.500. The second-order valence-electron chi connectivity index (χ2n) is 3.77. The normalized spacial score (nSPS) is 14.6. The quantitative estimate of drug-likeness (QED) is 0.567. The van der Waals surface area contributed by atoms with Gasteiger partial charge in [-0.1, -0.05) is 0 Å². The maximum Gasteiger partial charge on any atom is 0.274 e. The van der Waals surface area contributed by atoms with Crippen LogP contribution in [0.5, 0.6) is 0 Å². The first kappa shape index (κ1) is 10.8. The van der Waals surface area contributed by atoms with E-state index in [-0.39, 0.29) is 5.91 Å². The molecule has 0 aliphatic heterocycles. The van der Waals surface area contributed by atoms with Crippen molar-refractivity contribution in [2.75, 3.05) is 12.0 Å². The molecule has 1 fully saturated rings.